The van der Waals surface area contributed by atoms with Gasteiger partial charge in [-0.1, -0.05) is 42.0 Å². The summed E-state index contributed by atoms with van der Waals surface area (Å²) in [6, 6.07) is 18.9. The maximum Gasteiger partial charge on any atom is 0.335 e. The van der Waals surface area contributed by atoms with Gasteiger partial charge in [0.2, 0.25) is 5.78 Å². The third-order valence-electron chi connectivity index (χ3n) is 4.92. The van der Waals surface area contributed by atoms with Gasteiger partial charge in [-0.3, -0.25) is 4.79 Å². The van der Waals surface area contributed by atoms with Gasteiger partial charge in [0.25, 0.3) is 10.0 Å². The van der Waals surface area contributed by atoms with Gasteiger partial charge in [0, 0.05) is 16.8 Å². The van der Waals surface area contributed by atoms with Crippen LogP contribution in [0.2, 0.25) is 0 Å². The van der Waals surface area contributed by atoms with E-state index in [0.717, 1.165) is 5.56 Å². The molecular formula is C24H18N2O5S. The van der Waals surface area contributed by atoms with Crippen LogP contribution in [-0.4, -0.2) is 31.0 Å². The average molecular weight is 446 g/mol. The molecule has 4 rings (SSSR count). The Balaban J connectivity index is 1.78. The van der Waals surface area contributed by atoms with E-state index < -0.39 is 16.0 Å². The van der Waals surface area contributed by atoms with Gasteiger partial charge in [-0.05, 0) is 49.4 Å². The molecule has 3 aromatic carbocycles. The molecule has 3 aromatic rings. The molecule has 0 unspecified atom stereocenters. The highest BCUT2D eigenvalue weighted by Gasteiger charge is 2.26. The molecule has 0 aromatic heterocycles. The van der Waals surface area contributed by atoms with Gasteiger partial charge in [-0.2, -0.15) is 12.8 Å². The lowest BCUT2D eigenvalue weighted by molar-refractivity contribution is 0.0696. The smallest absolute Gasteiger partial charge is 0.335 e. The summed E-state index contributed by atoms with van der Waals surface area (Å²) < 4.78 is 29.8. The first-order valence-corrected chi connectivity index (χ1v) is 11.1. The fourth-order valence-electron chi connectivity index (χ4n) is 3.24. The summed E-state index contributed by atoms with van der Waals surface area (Å²) in [6.45, 7) is 1.95. The van der Waals surface area contributed by atoms with Crippen LogP contribution in [0.15, 0.2) is 93.9 Å². The van der Waals surface area contributed by atoms with Crippen molar-refractivity contribution in [3.63, 3.8) is 0 Å². The Morgan fingerprint density at radius 1 is 0.906 bits per heavy atom. The van der Waals surface area contributed by atoms with E-state index in [9.17, 15) is 18.0 Å². The molecule has 0 atom stereocenters. The zero-order valence-corrected chi connectivity index (χ0v) is 17.8. The predicted molar refractivity (Wildman–Crippen MR) is 121 cm³/mol. The van der Waals surface area contributed by atoms with E-state index in [-0.39, 0.29) is 27.7 Å². The third-order valence-corrected chi connectivity index (χ3v) is 6.23. The SMILES string of the molecule is Cc1ccc(NC2=C/C(=N/S(=O)(=O)c3ccc(C(=O)O)cc3)c3ccccc3C2=O)cc1. The van der Waals surface area contributed by atoms with Gasteiger partial charge in [0.1, 0.15) is 0 Å². The number of anilines is 1. The molecule has 8 heteroatoms. The Morgan fingerprint density at radius 3 is 2.16 bits per heavy atom. The number of nitrogens with zero attached hydrogens (tertiary/aromatic N) is 1. The van der Waals surface area contributed by atoms with Crippen molar-refractivity contribution in [1.82, 2.24) is 0 Å². The number of carboxylic acid groups (broad SMARTS) is 1. The minimum Gasteiger partial charge on any atom is -0.478 e. The first-order valence-electron chi connectivity index (χ1n) is 9.62. The number of sulfonamides is 1. The number of rotatable bonds is 5. The zero-order valence-electron chi connectivity index (χ0n) is 16.9. The summed E-state index contributed by atoms with van der Waals surface area (Å²) >= 11 is 0. The number of Topliss-reactive ketones (excluding diaryl/α,β-unsaturated/α-hetero) is 1. The second kappa shape index (κ2) is 8.24. The molecular weight excluding hydrogens is 428 g/mol. The van der Waals surface area contributed by atoms with E-state index >= 15 is 0 Å². The highest BCUT2D eigenvalue weighted by Crippen LogP contribution is 2.25. The monoisotopic (exact) mass is 446 g/mol. The van der Waals surface area contributed by atoms with Gasteiger partial charge < -0.3 is 10.4 Å². The molecule has 0 radical (unpaired) electrons. The number of aryl methyl sites for hydroxylation is 1. The van der Waals surface area contributed by atoms with Crippen LogP contribution in [-0.2, 0) is 10.0 Å². The standard InChI is InChI=1S/C24H18N2O5S/c1-15-6-10-17(11-7-15)25-22-14-21(19-4-2-3-5-20(19)23(22)27)26-32(30,31)18-12-8-16(9-13-18)24(28)29/h2-14,25H,1H3,(H,28,29)/b26-21-. The number of nitrogens with one attached hydrogen (secondary N) is 1. The number of carboxylic acids is 1. The van der Waals surface area contributed by atoms with Crippen LogP contribution in [0.4, 0.5) is 5.69 Å². The van der Waals surface area contributed by atoms with E-state index in [1.54, 1.807) is 24.3 Å². The molecule has 2 N–H and O–H groups in total. The highest BCUT2D eigenvalue weighted by atomic mass is 32.2. The van der Waals surface area contributed by atoms with E-state index in [0.29, 0.717) is 16.8 Å². The molecule has 1 aliphatic rings. The van der Waals surface area contributed by atoms with E-state index in [2.05, 4.69) is 9.71 Å². The number of allylic oxidation sites excluding steroid dienone is 2. The summed E-state index contributed by atoms with van der Waals surface area (Å²) in [7, 11) is -4.15. The van der Waals surface area contributed by atoms with Crippen molar-refractivity contribution >= 4 is 33.2 Å². The van der Waals surface area contributed by atoms with Crippen molar-refractivity contribution in [2.24, 2.45) is 4.40 Å². The fraction of sp³-hybridized carbons (Fsp3) is 0.0417. The highest BCUT2D eigenvalue weighted by molar-refractivity contribution is 7.90. The van der Waals surface area contributed by atoms with Crippen LogP contribution in [0.1, 0.15) is 31.8 Å². The van der Waals surface area contributed by atoms with Crippen LogP contribution in [0.5, 0.6) is 0 Å². The number of fused-ring (bicyclic) bond motifs is 1. The van der Waals surface area contributed by atoms with Crippen LogP contribution in [0.25, 0.3) is 0 Å². The number of hydrogen-bond acceptors (Lipinski definition) is 5. The summed E-state index contributed by atoms with van der Waals surface area (Å²) in [4.78, 5) is 23.9. The van der Waals surface area contributed by atoms with Crippen molar-refractivity contribution in [3.8, 4) is 0 Å². The van der Waals surface area contributed by atoms with Gasteiger partial charge in [0.15, 0.2) is 0 Å². The topological polar surface area (TPSA) is 113 Å². The second-order valence-electron chi connectivity index (χ2n) is 7.20. The molecule has 0 saturated carbocycles. The van der Waals surface area contributed by atoms with Crippen molar-refractivity contribution in [2.45, 2.75) is 11.8 Å². The minimum absolute atomic E-state index is 0.0327. The van der Waals surface area contributed by atoms with Crippen LogP contribution < -0.4 is 5.32 Å². The Labute approximate surface area is 184 Å². The minimum atomic E-state index is -4.15. The molecule has 0 saturated heterocycles. The van der Waals surface area contributed by atoms with Crippen molar-refractivity contribution < 1.29 is 23.1 Å². The molecule has 0 amide bonds. The fourth-order valence-corrected chi connectivity index (χ4v) is 4.24. The van der Waals surface area contributed by atoms with Crippen molar-refractivity contribution in [1.29, 1.82) is 0 Å². The number of aromatic carboxylic acids is 1. The number of hydrogen-bond donors (Lipinski definition) is 2. The Kier molecular flexibility index (Phi) is 5.46. The number of ketones is 1. The summed E-state index contributed by atoms with van der Waals surface area (Å²) in [5.74, 6) is -1.43. The lowest BCUT2D eigenvalue weighted by atomic mass is 9.92. The predicted octanol–water partition coefficient (Wildman–Crippen LogP) is 4.06. The molecule has 0 spiro atoms. The van der Waals surface area contributed by atoms with Gasteiger partial charge in [-0.15, -0.1) is 0 Å². The lowest BCUT2D eigenvalue weighted by Gasteiger charge is -2.19. The van der Waals surface area contributed by atoms with Gasteiger partial charge in [0.05, 0.1) is 21.9 Å². The van der Waals surface area contributed by atoms with Crippen LogP contribution >= 0.6 is 0 Å². The van der Waals surface area contributed by atoms with Gasteiger partial charge >= 0.3 is 5.97 Å². The van der Waals surface area contributed by atoms with Gasteiger partial charge in [-0.25, -0.2) is 4.79 Å². The number of carbonyl (C=O) groups excluding carboxylic acids is 1. The molecule has 7 nitrogen and oxygen atoms in total. The molecule has 160 valence electrons. The third kappa shape index (κ3) is 4.21. The quantitative estimate of drug-likeness (QED) is 0.611. The maximum atomic E-state index is 13.0. The normalized spacial score (nSPS) is 14.6. The molecule has 1 aliphatic carbocycles. The maximum absolute atomic E-state index is 13.0. The lowest BCUT2D eigenvalue weighted by Crippen LogP contribution is -2.22. The Bertz CT molecular complexity index is 1390. The first-order chi connectivity index (χ1) is 15.2. The first kappa shape index (κ1) is 21.2. The number of benzene rings is 3. The van der Waals surface area contributed by atoms with Crippen LogP contribution in [0, 0.1) is 6.92 Å². The largest absolute Gasteiger partial charge is 0.478 e. The molecule has 0 aliphatic heterocycles. The summed E-state index contributed by atoms with van der Waals surface area (Å²) in [5.41, 5.74) is 2.75. The average Bonchev–Trinajstić information content (AvgIpc) is 2.78. The van der Waals surface area contributed by atoms with Crippen molar-refractivity contribution in [2.75, 3.05) is 5.32 Å². The number of carbonyl (C=O) groups is 2. The second-order valence-corrected chi connectivity index (χ2v) is 8.81. The Hall–Kier alpha value is -4.04. The van der Waals surface area contributed by atoms with E-state index in [4.69, 9.17) is 5.11 Å². The molecule has 32 heavy (non-hydrogen) atoms. The Morgan fingerprint density at radius 2 is 1.53 bits per heavy atom. The van der Waals surface area contributed by atoms with E-state index in [1.807, 2.05) is 31.2 Å². The summed E-state index contributed by atoms with van der Waals surface area (Å²) in [6.07, 6.45) is 1.41. The summed E-state index contributed by atoms with van der Waals surface area (Å²) in [5, 5.41) is 12.1. The molecule has 0 heterocycles. The zero-order chi connectivity index (χ0) is 22.9. The van der Waals surface area contributed by atoms with Crippen LogP contribution in [0.3, 0.4) is 0 Å². The van der Waals surface area contributed by atoms with E-state index in [1.165, 1.54) is 30.3 Å². The van der Waals surface area contributed by atoms with Crippen molar-refractivity contribution in [3.05, 3.63) is 107 Å². The molecule has 0 fully saturated rings. The molecule has 0 bridgehead atoms.